The van der Waals surface area contributed by atoms with E-state index >= 15 is 0 Å². The first kappa shape index (κ1) is 8.89. The van der Waals surface area contributed by atoms with E-state index in [1.165, 1.54) is 0 Å². The molecule has 0 spiro atoms. The minimum Gasteiger partial charge on any atom is -0.313 e. The van der Waals surface area contributed by atoms with Crippen molar-refractivity contribution in [2.75, 3.05) is 0 Å². The van der Waals surface area contributed by atoms with Gasteiger partial charge in [0.15, 0.2) is 10.7 Å². The highest BCUT2D eigenvalue weighted by molar-refractivity contribution is 4.73. The lowest BCUT2D eigenvalue weighted by atomic mass is 9.94. The SMILES string of the molecule is O=NOC1(ON=O)CCCCC1. The molecule has 0 heterocycles. The third-order valence-corrected chi connectivity index (χ3v) is 2.02. The van der Waals surface area contributed by atoms with Gasteiger partial charge in [-0.05, 0) is 12.8 Å². The first-order valence-electron chi connectivity index (χ1n) is 3.85. The summed E-state index contributed by atoms with van der Waals surface area (Å²) in [5, 5.41) is 4.55. The lowest BCUT2D eigenvalue weighted by Crippen LogP contribution is -2.34. The second-order valence-corrected chi connectivity index (χ2v) is 2.80. The summed E-state index contributed by atoms with van der Waals surface area (Å²) >= 11 is 0. The van der Waals surface area contributed by atoms with Gasteiger partial charge in [0.1, 0.15) is 0 Å². The van der Waals surface area contributed by atoms with Gasteiger partial charge in [-0.25, -0.2) is 0 Å². The van der Waals surface area contributed by atoms with E-state index in [4.69, 9.17) is 0 Å². The van der Waals surface area contributed by atoms with E-state index < -0.39 is 5.79 Å². The summed E-state index contributed by atoms with van der Waals surface area (Å²) in [7, 11) is 0. The van der Waals surface area contributed by atoms with Crippen LogP contribution in [-0.4, -0.2) is 5.79 Å². The fraction of sp³-hybridized carbons (Fsp3) is 1.00. The molecule has 0 aromatic carbocycles. The molecule has 0 amide bonds. The van der Waals surface area contributed by atoms with E-state index in [0.717, 1.165) is 19.3 Å². The van der Waals surface area contributed by atoms with Gasteiger partial charge in [0.05, 0.1) is 0 Å². The van der Waals surface area contributed by atoms with E-state index in [2.05, 4.69) is 20.4 Å². The molecule has 0 aromatic heterocycles. The Labute approximate surface area is 69.1 Å². The lowest BCUT2D eigenvalue weighted by molar-refractivity contribution is -0.256. The van der Waals surface area contributed by atoms with Gasteiger partial charge in [0.25, 0.3) is 0 Å². The highest BCUT2D eigenvalue weighted by atomic mass is 16.9. The van der Waals surface area contributed by atoms with Crippen LogP contribution >= 0.6 is 0 Å². The van der Waals surface area contributed by atoms with Crippen molar-refractivity contribution in [1.29, 1.82) is 0 Å². The van der Waals surface area contributed by atoms with Crippen LogP contribution < -0.4 is 0 Å². The van der Waals surface area contributed by atoms with Gasteiger partial charge >= 0.3 is 5.79 Å². The molecule has 1 aliphatic rings. The molecule has 0 aliphatic heterocycles. The molecule has 1 rings (SSSR count). The Kier molecular flexibility index (Phi) is 2.95. The van der Waals surface area contributed by atoms with Crippen LogP contribution in [-0.2, 0) is 9.68 Å². The fourth-order valence-electron chi connectivity index (χ4n) is 1.43. The predicted molar refractivity (Wildman–Crippen MR) is 39.6 cm³/mol. The second-order valence-electron chi connectivity index (χ2n) is 2.80. The van der Waals surface area contributed by atoms with E-state index in [0.29, 0.717) is 12.8 Å². The monoisotopic (exact) mass is 174 g/mol. The topological polar surface area (TPSA) is 77.3 Å². The summed E-state index contributed by atoms with van der Waals surface area (Å²) in [6.45, 7) is 0. The molecule has 0 unspecified atom stereocenters. The van der Waals surface area contributed by atoms with Crippen LogP contribution in [0.15, 0.2) is 10.7 Å². The molecule has 1 aliphatic carbocycles. The summed E-state index contributed by atoms with van der Waals surface area (Å²) < 4.78 is 0. The average Bonchev–Trinajstić information content (AvgIpc) is 2.07. The third-order valence-electron chi connectivity index (χ3n) is 2.02. The minimum absolute atomic E-state index is 0.491. The zero-order valence-electron chi connectivity index (χ0n) is 6.56. The van der Waals surface area contributed by atoms with Crippen molar-refractivity contribution in [2.45, 2.75) is 37.9 Å². The van der Waals surface area contributed by atoms with E-state index in [-0.39, 0.29) is 0 Å². The van der Waals surface area contributed by atoms with Gasteiger partial charge in [-0.3, -0.25) is 0 Å². The van der Waals surface area contributed by atoms with Crippen molar-refractivity contribution in [3.05, 3.63) is 9.81 Å². The predicted octanol–water partition coefficient (Wildman–Crippen LogP) is 2.04. The Morgan fingerprint density at radius 3 is 1.83 bits per heavy atom. The van der Waals surface area contributed by atoms with Crippen LogP contribution in [0.3, 0.4) is 0 Å². The maximum absolute atomic E-state index is 9.86. The molecule has 0 N–H and O–H groups in total. The van der Waals surface area contributed by atoms with Crippen molar-refractivity contribution in [3.8, 4) is 0 Å². The quantitative estimate of drug-likeness (QED) is 0.371. The molecule has 12 heavy (non-hydrogen) atoms. The highest BCUT2D eigenvalue weighted by Gasteiger charge is 2.38. The molecule has 0 bridgehead atoms. The molecule has 1 saturated carbocycles. The summed E-state index contributed by atoms with van der Waals surface area (Å²) in [4.78, 5) is 28.6. The van der Waals surface area contributed by atoms with Crippen LogP contribution in [0.25, 0.3) is 0 Å². The second kappa shape index (κ2) is 3.99. The Morgan fingerprint density at radius 1 is 0.917 bits per heavy atom. The number of nitrogens with zero attached hydrogens (tertiary/aromatic N) is 2. The molecular weight excluding hydrogens is 164 g/mol. The van der Waals surface area contributed by atoms with Crippen LogP contribution in [0, 0.1) is 9.81 Å². The molecule has 0 radical (unpaired) electrons. The van der Waals surface area contributed by atoms with Gasteiger partial charge in [-0.15, -0.1) is 9.81 Å². The molecule has 6 heteroatoms. The molecule has 1 fully saturated rings. The third kappa shape index (κ3) is 1.90. The van der Waals surface area contributed by atoms with Crippen LogP contribution in [0.1, 0.15) is 32.1 Å². The Bertz CT molecular complexity index is 155. The van der Waals surface area contributed by atoms with Crippen LogP contribution in [0.4, 0.5) is 0 Å². The molecule has 0 aromatic rings. The van der Waals surface area contributed by atoms with E-state index in [1.807, 2.05) is 0 Å². The molecule has 0 atom stereocenters. The Morgan fingerprint density at radius 2 is 1.42 bits per heavy atom. The van der Waals surface area contributed by atoms with E-state index in [1.54, 1.807) is 0 Å². The maximum Gasteiger partial charge on any atom is 0.305 e. The molecule has 0 saturated heterocycles. The molecular formula is C6H10N2O4. The molecule has 68 valence electrons. The summed E-state index contributed by atoms with van der Waals surface area (Å²) in [5.74, 6) is -1.18. The largest absolute Gasteiger partial charge is 0.313 e. The van der Waals surface area contributed by atoms with Gasteiger partial charge in [-0.2, -0.15) is 0 Å². The van der Waals surface area contributed by atoms with Gasteiger partial charge < -0.3 is 9.68 Å². The van der Waals surface area contributed by atoms with Gasteiger partial charge in [-0.1, -0.05) is 6.42 Å². The number of hydrogen-bond donors (Lipinski definition) is 0. The van der Waals surface area contributed by atoms with Crippen molar-refractivity contribution in [1.82, 2.24) is 0 Å². The van der Waals surface area contributed by atoms with Gasteiger partial charge in [0.2, 0.25) is 0 Å². The van der Waals surface area contributed by atoms with Crippen molar-refractivity contribution < 1.29 is 9.68 Å². The number of rotatable bonds is 4. The first-order chi connectivity index (χ1) is 5.83. The normalized spacial score (nSPS) is 21.0. The Balaban J connectivity index is 2.55. The zero-order chi connectivity index (χ0) is 8.86. The summed E-state index contributed by atoms with van der Waals surface area (Å²) in [6.07, 6.45) is 3.73. The van der Waals surface area contributed by atoms with Gasteiger partial charge in [0, 0.05) is 12.8 Å². The van der Waals surface area contributed by atoms with Crippen LogP contribution in [0.5, 0.6) is 0 Å². The summed E-state index contributed by atoms with van der Waals surface area (Å²) in [5.41, 5.74) is 0. The first-order valence-corrected chi connectivity index (χ1v) is 3.85. The lowest BCUT2D eigenvalue weighted by Gasteiger charge is -2.28. The Hall–Kier alpha value is -1.20. The van der Waals surface area contributed by atoms with Crippen molar-refractivity contribution >= 4 is 0 Å². The summed E-state index contributed by atoms with van der Waals surface area (Å²) in [6, 6.07) is 0. The highest BCUT2D eigenvalue weighted by Crippen LogP contribution is 2.32. The van der Waals surface area contributed by atoms with Crippen LogP contribution in [0.2, 0.25) is 0 Å². The zero-order valence-corrected chi connectivity index (χ0v) is 6.56. The molecule has 6 nitrogen and oxygen atoms in total. The minimum atomic E-state index is -1.18. The van der Waals surface area contributed by atoms with E-state index in [9.17, 15) is 9.81 Å². The fourth-order valence-corrected chi connectivity index (χ4v) is 1.43. The standard InChI is InChI=1S/C6H10N2O4/c9-7-11-6(12-8-10)4-2-1-3-5-6/h1-5H2. The van der Waals surface area contributed by atoms with Crippen molar-refractivity contribution in [3.63, 3.8) is 0 Å². The van der Waals surface area contributed by atoms with Crippen molar-refractivity contribution in [2.24, 2.45) is 10.7 Å². The average molecular weight is 174 g/mol. The maximum atomic E-state index is 9.86. The smallest absolute Gasteiger partial charge is 0.305 e. The number of hydrogen-bond acceptors (Lipinski definition) is 6.